The number of hydrogen-bond acceptors (Lipinski definition) is 2. The van der Waals surface area contributed by atoms with Crippen molar-refractivity contribution in [2.75, 3.05) is 12.8 Å². The van der Waals surface area contributed by atoms with Crippen LogP contribution in [0.3, 0.4) is 0 Å². The molecule has 87 valence electrons. The summed E-state index contributed by atoms with van der Waals surface area (Å²) in [5.41, 5.74) is 7.42. The molecule has 0 fully saturated rings. The maximum Gasteiger partial charge on any atom is 0.132 e. The summed E-state index contributed by atoms with van der Waals surface area (Å²) < 4.78 is 18.4. The summed E-state index contributed by atoms with van der Waals surface area (Å²) in [6.07, 6.45) is 0. The van der Waals surface area contributed by atoms with Gasteiger partial charge in [0.2, 0.25) is 0 Å². The topological polar surface area (TPSA) is 35.2 Å². The summed E-state index contributed by atoms with van der Waals surface area (Å²) in [6.45, 7) is 0. The van der Waals surface area contributed by atoms with Crippen LogP contribution in [0.25, 0.3) is 11.1 Å². The minimum atomic E-state index is -0.486. The highest BCUT2D eigenvalue weighted by atomic mass is 35.5. The lowest BCUT2D eigenvalue weighted by molar-refractivity contribution is 0.415. The quantitative estimate of drug-likeness (QED) is 0.828. The average Bonchev–Trinajstić information content (AvgIpc) is 2.29. The molecule has 0 aromatic heterocycles. The van der Waals surface area contributed by atoms with Crippen LogP contribution in [0.4, 0.5) is 10.1 Å². The monoisotopic (exact) mass is 250 g/mol. The zero-order chi connectivity index (χ0) is 12.4. The van der Waals surface area contributed by atoms with Gasteiger partial charge in [-0.05, 0) is 24.3 Å². The Kier molecular flexibility index (Phi) is 3.20. The fourth-order valence-corrected chi connectivity index (χ4v) is 1.92. The van der Waals surface area contributed by atoms with Crippen LogP contribution in [0.2, 0.25) is 5.02 Å². The van der Waals surface area contributed by atoms with Crippen LogP contribution < -0.4 is 10.5 Å². The summed E-state index contributed by atoms with van der Waals surface area (Å²) in [7, 11) is 1.50. The Morgan fingerprint density at radius 2 is 2.18 bits per heavy atom. The highest BCUT2D eigenvalue weighted by Gasteiger charge is 2.13. The molecule has 1 radical (unpaired) electrons. The molecule has 0 saturated heterocycles. The molecule has 0 atom stereocenters. The standard InChI is InChI=1S/C13H10ClFNO/c1-17-12-6-5-8(15)7-9(12)13-10(14)3-2-4-11(13)16/h2-4,6-7H,16H2,1H3. The maximum atomic E-state index is 13.2. The predicted molar refractivity (Wildman–Crippen MR) is 66.6 cm³/mol. The van der Waals surface area contributed by atoms with Crippen molar-refractivity contribution in [3.63, 3.8) is 0 Å². The van der Waals surface area contributed by atoms with E-state index >= 15 is 0 Å². The fraction of sp³-hybridized carbons (Fsp3) is 0.0769. The first-order valence-corrected chi connectivity index (χ1v) is 5.31. The zero-order valence-corrected chi connectivity index (χ0v) is 9.88. The molecule has 0 heterocycles. The van der Waals surface area contributed by atoms with E-state index in [4.69, 9.17) is 22.1 Å². The first-order chi connectivity index (χ1) is 8.13. The molecule has 0 aliphatic heterocycles. The van der Waals surface area contributed by atoms with E-state index in [1.54, 1.807) is 18.2 Å². The number of hydrogen-bond donors (Lipinski definition) is 1. The van der Waals surface area contributed by atoms with Gasteiger partial charge in [-0.15, -0.1) is 0 Å². The van der Waals surface area contributed by atoms with Gasteiger partial charge in [-0.1, -0.05) is 17.7 Å². The molecule has 0 amide bonds. The van der Waals surface area contributed by atoms with E-state index in [2.05, 4.69) is 6.07 Å². The number of nitrogen functional groups attached to an aromatic ring is 1. The fourth-order valence-electron chi connectivity index (χ4n) is 1.64. The molecule has 2 aromatic carbocycles. The van der Waals surface area contributed by atoms with Crippen molar-refractivity contribution in [2.45, 2.75) is 0 Å². The molecule has 2 N–H and O–H groups in total. The molecule has 2 nitrogen and oxygen atoms in total. The van der Waals surface area contributed by atoms with Gasteiger partial charge in [-0.25, -0.2) is 4.39 Å². The lowest BCUT2D eigenvalue weighted by Gasteiger charge is -2.12. The van der Waals surface area contributed by atoms with Gasteiger partial charge in [-0.3, -0.25) is 0 Å². The Morgan fingerprint density at radius 3 is 2.82 bits per heavy atom. The molecule has 2 rings (SSSR count). The van der Waals surface area contributed by atoms with Gasteiger partial charge in [0.1, 0.15) is 11.6 Å². The van der Waals surface area contributed by atoms with Crippen LogP contribution in [0.5, 0.6) is 5.75 Å². The number of anilines is 1. The van der Waals surface area contributed by atoms with Crippen molar-refractivity contribution in [2.24, 2.45) is 0 Å². The molecular weight excluding hydrogens is 241 g/mol. The largest absolute Gasteiger partial charge is 0.496 e. The number of halogens is 2. The molecule has 0 aliphatic carbocycles. The molecular formula is C13H10ClFNO. The second-order valence-electron chi connectivity index (χ2n) is 3.47. The molecule has 0 bridgehead atoms. The average molecular weight is 251 g/mol. The Balaban J connectivity index is 2.71. The van der Waals surface area contributed by atoms with Gasteiger partial charge >= 0.3 is 0 Å². The summed E-state index contributed by atoms with van der Waals surface area (Å²) in [6, 6.07) is 10.3. The molecule has 0 spiro atoms. The third-order valence-electron chi connectivity index (χ3n) is 2.41. The highest BCUT2D eigenvalue weighted by Crippen LogP contribution is 2.38. The van der Waals surface area contributed by atoms with Crippen molar-refractivity contribution >= 4 is 17.3 Å². The first kappa shape index (κ1) is 11.7. The van der Waals surface area contributed by atoms with Gasteiger partial charge in [0, 0.05) is 22.9 Å². The van der Waals surface area contributed by atoms with Crippen molar-refractivity contribution in [3.05, 3.63) is 47.2 Å². The number of nitrogens with two attached hydrogens (primary N) is 1. The molecule has 0 unspecified atom stereocenters. The van der Waals surface area contributed by atoms with E-state index < -0.39 is 5.82 Å². The molecule has 4 heteroatoms. The minimum Gasteiger partial charge on any atom is -0.496 e. The molecule has 0 saturated carbocycles. The summed E-state index contributed by atoms with van der Waals surface area (Å²) >= 11 is 6.08. The lowest BCUT2D eigenvalue weighted by atomic mass is 10.0. The van der Waals surface area contributed by atoms with E-state index in [9.17, 15) is 4.39 Å². The van der Waals surface area contributed by atoms with Gasteiger partial charge in [0.25, 0.3) is 0 Å². The van der Waals surface area contributed by atoms with Crippen LogP contribution in [-0.2, 0) is 0 Å². The number of ether oxygens (including phenoxy) is 1. The van der Waals surface area contributed by atoms with Crippen LogP contribution in [-0.4, -0.2) is 7.11 Å². The van der Waals surface area contributed by atoms with Gasteiger partial charge in [0.15, 0.2) is 0 Å². The van der Waals surface area contributed by atoms with E-state index in [0.29, 0.717) is 27.6 Å². The summed E-state index contributed by atoms with van der Waals surface area (Å²) in [5.74, 6) is -0.00804. The SMILES string of the molecule is COc1c[c]c(F)cc1-c1c(N)cccc1Cl. The van der Waals surface area contributed by atoms with E-state index in [1.807, 2.05) is 0 Å². The van der Waals surface area contributed by atoms with Gasteiger partial charge in [0.05, 0.1) is 12.1 Å². The van der Waals surface area contributed by atoms with Crippen molar-refractivity contribution in [1.82, 2.24) is 0 Å². The Hall–Kier alpha value is -1.74. The smallest absolute Gasteiger partial charge is 0.132 e. The minimum absolute atomic E-state index is 0.453. The number of methoxy groups -OCH3 is 1. The zero-order valence-electron chi connectivity index (χ0n) is 9.13. The third-order valence-corrected chi connectivity index (χ3v) is 2.73. The van der Waals surface area contributed by atoms with Gasteiger partial charge < -0.3 is 10.5 Å². The third kappa shape index (κ3) is 2.19. The highest BCUT2D eigenvalue weighted by molar-refractivity contribution is 6.34. The predicted octanol–water partition coefficient (Wildman–Crippen LogP) is 3.54. The molecule has 2 aromatic rings. The molecule has 0 aliphatic rings. The summed E-state index contributed by atoms with van der Waals surface area (Å²) in [5, 5.41) is 0.453. The van der Waals surface area contributed by atoms with Crippen molar-refractivity contribution in [1.29, 1.82) is 0 Å². The Labute approximate surface area is 104 Å². The summed E-state index contributed by atoms with van der Waals surface area (Å²) in [4.78, 5) is 0. The number of rotatable bonds is 2. The second kappa shape index (κ2) is 4.63. The van der Waals surface area contributed by atoms with Crippen LogP contribution in [0.1, 0.15) is 0 Å². The number of benzene rings is 2. The maximum absolute atomic E-state index is 13.2. The van der Waals surface area contributed by atoms with Gasteiger partial charge in [-0.2, -0.15) is 0 Å². The van der Waals surface area contributed by atoms with E-state index in [1.165, 1.54) is 19.2 Å². The van der Waals surface area contributed by atoms with Crippen LogP contribution in [0, 0.1) is 11.9 Å². The van der Waals surface area contributed by atoms with E-state index in [-0.39, 0.29) is 0 Å². The van der Waals surface area contributed by atoms with Crippen molar-refractivity contribution in [3.8, 4) is 16.9 Å². The van der Waals surface area contributed by atoms with Crippen LogP contribution >= 0.6 is 11.6 Å². The normalized spacial score (nSPS) is 10.3. The Morgan fingerprint density at radius 1 is 1.41 bits per heavy atom. The molecule has 17 heavy (non-hydrogen) atoms. The van der Waals surface area contributed by atoms with Crippen LogP contribution in [0.15, 0.2) is 30.3 Å². The Bertz CT molecular complexity index is 537. The second-order valence-corrected chi connectivity index (χ2v) is 3.87. The first-order valence-electron chi connectivity index (χ1n) is 4.93. The lowest BCUT2D eigenvalue weighted by Crippen LogP contribution is -1.94. The van der Waals surface area contributed by atoms with E-state index in [0.717, 1.165) is 0 Å². The van der Waals surface area contributed by atoms with Crippen molar-refractivity contribution < 1.29 is 9.13 Å².